The molecule has 0 aliphatic carbocycles. The molecule has 6 nitrogen and oxygen atoms in total. The Morgan fingerprint density at radius 2 is 1.71 bits per heavy atom. The number of fused-ring (bicyclic) bond motifs is 3. The number of carbonyl (C=O) groups is 2. The van der Waals surface area contributed by atoms with Crippen molar-refractivity contribution < 1.29 is 9.59 Å². The highest BCUT2D eigenvalue weighted by molar-refractivity contribution is 5.96. The summed E-state index contributed by atoms with van der Waals surface area (Å²) in [4.78, 5) is 33.7. The van der Waals surface area contributed by atoms with Crippen molar-refractivity contribution in [3.63, 3.8) is 0 Å². The second kappa shape index (κ2) is 9.14. The quantitative estimate of drug-likeness (QED) is 0.433. The van der Waals surface area contributed by atoms with Crippen LogP contribution in [-0.2, 0) is 22.6 Å². The first-order chi connectivity index (χ1) is 16.5. The van der Waals surface area contributed by atoms with Crippen LogP contribution in [0.5, 0.6) is 0 Å². The van der Waals surface area contributed by atoms with E-state index in [1.54, 1.807) is 0 Å². The van der Waals surface area contributed by atoms with Crippen LogP contribution in [0.4, 0.5) is 5.69 Å². The smallest absolute Gasteiger partial charge is 0.247 e. The molecule has 34 heavy (non-hydrogen) atoms. The molecular formula is C28H28N4O2. The molecule has 0 saturated carbocycles. The Morgan fingerprint density at radius 1 is 0.971 bits per heavy atom. The number of carbonyl (C=O) groups excluding carboxylic acids is 2. The van der Waals surface area contributed by atoms with Gasteiger partial charge in [0.2, 0.25) is 11.8 Å². The molecule has 0 bridgehead atoms. The highest BCUT2D eigenvalue weighted by atomic mass is 16.2. The lowest BCUT2D eigenvalue weighted by atomic mass is 10.0. The van der Waals surface area contributed by atoms with Crippen molar-refractivity contribution in [3.05, 3.63) is 95.8 Å². The van der Waals surface area contributed by atoms with Crippen LogP contribution >= 0.6 is 0 Å². The van der Waals surface area contributed by atoms with Gasteiger partial charge in [-0.3, -0.25) is 9.59 Å². The first kappa shape index (κ1) is 21.9. The van der Waals surface area contributed by atoms with Crippen LogP contribution in [0, 0.1) is 0 Å². The monoisotopic (exact) mass is 452 g/mol. The van der Waals surface area contributed by atoms with Gasteiger partial charge in [0.15, 0.2) is 0 Å². The second-order valence-electron chi connectivity index (χ2n) is 8.78. The fourth-order valence-corrected chi connectivity index (χ4v) is 4.75. The van der Waals surface area contributed by atoms with Gasteiger partial charge >= 0.3 is 0 Å². The van der Waals surface area contributed by atoms with E-state index in [9.17, 15) is 9.59 Å². The largest absolute Gasteiger partial charge is 0.327 e. The van der Waals surface area contributed by atoms with Crippen LogP contribution in [0.25, 0.3) is 11.0 Å². The summed E-state index contributed by atoms with van der Waals surface area (Å²) in [5, 5.41) is 2.99. The van der Waals surface area contributed by atoms with E-state index < -0.39 is 6.04 Å². The van der Waals surface area contributed by atoms with Crippen molar-refractivity contribution in [3.8, 4) is 0 Å². The van der Waals surface area contributed by atoms with E-state index in [-0.39, 0.29) is 24.3 Å². The first-order valence-corrected chi connectivity index (χ1v) is 11.7. The summed E-state index contributed by atoms with van der Waals surface area (Å²) in [6.07, 6.45) is 0.933. The van der Waals surface area contributed by atoms with Crippen molar-refractivity contribution in [2.24, 2.45) is 0 Å². The Labute approximate surface area is 199 Å². The van der Waals surface area contributed by atoms with Gasteiger partial charge in [-0.15, -0.1) is 0 Å². The van der Waals surface area contributed by atoms with Crippen LogP contribution < -0.4 is 5.32 Å². The molecule has 1 aromatic heterocycles. The van der Waals surface area contributed by atoms with Crippen molar-refractivity contribution in [2.75, 3.05) is 5.32 Å². The number of nitrogens with zero attached hydrogens (tertiary/aromatic N) is 3. The number of imidazole rings is 1. The standard InChI is InChI=1S/C28H28N4O2/c1-3-20-12-9-13-22(16-20)29-26(33)17-25-28(34)31(18-21-10-5-4-6-11-21)19(2)27-30-23-14-7-8-15-24(23)32(25)27/h4-16,19,25H,3,17-18H2,1-2H3,(H,29,33)/t19-,25-/m0/s1. The van der Waals surface area contributed by atoms with Crippen LogP contribution in [0.2, 0.25) is 0 Å². The van der Waals surface area contributed by atoms with Crippen LogP contribution in [0.3, 0.4) is 0 Å². The zero-order chi connectivity index (χ0) is 23.7. The third kappa shape index (κ3) is 4.07. The third-order valence-corrected chi connectivity index (χ3v) is 6.54. The second-order valence-corrected chi connectivity index (χ2v) is 8.78. The Balaban J connectivity index is 1.49. The summed E-state index contributed by atoms with van der Waals surface area (Å²) in [5.41, 5.74) is 4.66. The SMILES string of the molecule is CCc1cccc(NC(=O)C[C@H]2C(=O)N(Cc3ccccc3)[C@@H](C)c3nc4ccccc4n32)c1. The molecule has 3 aromatic carbocycles. The number of aryl methyl sites for hydroxylation is 1. The minimum atomic E-state index is -0.656. The predicted octanol–water partition coefficient (Wildman–Crippen LogP) is 5.27. The maximum atomic E-state index is 13.8. The topological polar surface area (TPSA) is 67.2 Å². The Hall–Kier alpha value is -3.93. The predicted molar refractivity (Wildman–Crippen MR) is 133 cm³/mol. The Bertz CT molecular complexity index is 1350. The number of para-hydroxylation sites is 2. The number of amides is 2. The van der Waals surface area contributed by atoms with E-state index in [4.69, 9.17) is 4.98 Å². The van der Waals surface area contributed by atoms with Crippen molar-refractivity contribution in [2.45, 2.75) is 45.3 Å². The van der Waals surface area contributed by atoms with Gasteiger partial charge in [0, 0.05) is 12.2 Å². The zero-order valence-electron chi connectivity index (χ0n) is 19.4. The molecule has 5 rings (SSSR count). The third-order valence-electron chi connectivity index (χ3n) is 6.54. The Kier molecular flexibility index (Phi) is 5.88. The molecule has 172 valence electrons. The van der Waals surface area contributed by atoms with Gasteiger partial charge in [-0.05, 0) is 48.7 Å². The van der Waals surface area contributed by atoms with Crippen molar-refractivity contribution in [1.82, 2.24) is 14.5 Å². The average Bonchev–Trinajstić information content (AvgIpc) is 3.25. The summed E-state index contributed by atoms with van der Waals surface area (Å²) < 4.78 is 1.96. The number of nitrogens with one attached hydrogen (secondary N) is 1. The molecule has 1 aliphatic rings. The van der Waals surface area contributed by atoms with Crippen LogP contribution in [0.15, 0.2) is 78.9 Å². The maximum absolute atomic E-state index is 13.8. The normalized spacial score (nSPS) is 17.6. The molecule has 2 heterocycles. The summed E-state index contributed by atoms with van der Waals surface area (Å²) in [6, 6.07) is 24.7. The van der Waals surface area contributed by atoms with Gasteiger partial charge in [0.25, 0.3) is 0 Å². The zero-order valence-corrected chi connectivity index (χ0v) is 19.4. The van der Waals surface area contributed by atoms with E-state index in [1.165, 1.54) is 0 Å². The van der Waals surface area contributed by atoms with Gasteiger partial charge in [0.1, 0.15) is 11.9 Å². The molecule has 6 heteroatoms. The minimum absolute atomic E-state index is 0.0422. The van der Waals surface area contributed by atoms with Gasteiger partial charge in [0.05, 0.1) is 23.5 Å². The molecule has 0 saturated heterocycles. The minimum Gasteiger partial charge on any atom is -0.327 e. The molecule has 0 radical (unpaired) electrons. The summed E-state index contributed by atoms with van der Waals surface area (Å²) >= 11 is 0. The van der Waals surface area contributed by atoms with Gasteiger partial charge < -0.3 is 14.8 Å². The number of hydrogen-bond donors (Lipinski definition) is 1. The van der Waals surface area contributed by atoms with Gasteiger partial charge in [-0.25, -0.2) is 4.98 Å². The fraction of sp³-hybridized carbons (Fsp3) is 0.250. The van der Waals surface area contributed by atoms with Gasteiger partial charge in [-0.1, -0.05) is 61.5 Å². The number of aromatic nitrogens is 2. The van der Waals surface area contributed by atoms with E-state index in [0.717, 1.165) is 40.1 Å². The molecular weight excluding hydrogens is 424 g/mol. The Morgan fingerprint density at radius 3 is 2.50 bits per heavy atom. The molecule has 1 N–H and O–H groups in total. The number of rotatable bonds is 6. The highest BCUT2D eigenvalue weighted by Gasteiger charge is 2.40. The van der Waals surface area contributed by atoms with E-state index in [1.807, 2.05) is 95.3 Å². The highest BCUT2D eigenvalue weighted by Crippen LogP contribution is 2.37. The molecule has 4 aromatic rings. The summed E-state index contributed by atoms with van der Waals surface area (Å²) in [7, 11) is 0. The average molecular weight is 453 g/mol. The van der Waals surface area contributed by atoms with Crippen LogP contribution in [0.1, 0.15) is 49.3 Å². The lowest BCUT2D eigenvalue weighted by Gasteiger charge is -2.38. The maximum Gasteiger partial charge on any atom is 0.247 e. The number of anilines is 1. The van der Waals surface area contributed by atoms with E-state index in [2.05, 4.69) is 12.2 Å². The van der Waals surface area contributed by atoms with Crippen LogP contribution in [-0.4, -0.2) is 26.3 Å². The van der Waals surface area contributed by atoms with Crippen molar-refractivity contribution >= 4 is 28.5 Å². The summed E-state index contributed by atoms with van der Waals surface area (Å²) in [5.74, 6) is 0.552. The van der Waals surface area contributed by atoms with Crippen molar-refractivity contribution in [1.29, 1.82) is 0 Å². The lowest BCUT2D eigenvalue weighted by molar-refractivity contribution is -0.142. The lowest BCUT2D eigenvalue weighted by Crippen LogP contribution is -2.45. The molecule has 0 spiro atoms. The van der Waals surface area contributed by atoms with E-state index in [0.29, 0.717) is 6.54 Å². The molecule has 0 unspecified atom stereocenters. The summed E-state index contributed by atoms with van der Waals surface area (Å²) in [6.45, 7) is 4.56. The molecule has 2 atom stereocenters. The first-order valence-electron chi connectivity index (χ1n) is 11.7. The number of benzene rings is 3. The number of hydrogen-bond acceptors (Lipinski definition) is 3. The van der Waals surface area contributed by atoms with Gasteiger partial charge in [-0.2, -0.15) is 0 Å². The molecule has 2 amide bonds. The molecule has 1 aliphatic heterocycles. The fourth-order valence-electron chi connectivity index (χ4n) is 4.75. The van der Waals surface area contributed by atoms with E-state index >= 15 is 0 Å². The molecule has 0 fully saturated rings.